The third-order valence-electron chi connectivity index (χ3n) is 7.13. The molecule has 0 N–H and O–H groups in total. The van der Waals surface area contributed by atoms with Crippen molar-refractivity contribution in [1.82, 2.24) is 0 Å². The minimum Gasteiger partial charge on any atom is -0.402 e. The summed E-state index contributed by atoms with van der Waals surface area (Å²) in [5.41, 5.74) is -1.41. The maximum atomic E-state index is 13.9. The molecule has 0 unspecified atom stereocenters. The van der Waals surface area contributed by atoms with E-state index < -0.39 is 19.5 Å². The number of carbonyl (C=O) groups is 1. The van der Waals surface area contributed by atoms with Gasteiger partial charge in [-0.3, -0.25) is 4.79 Å². The molecule has 0 aliphatic carbocycles. The highest BCUT2D eigenvalue weighted by Crippen LogP contribution is 2.57. The van der Waals surface area contributed by atoms with E-state index >= 15 is 0 Å². The van der Waals surface area contributed by atoms with Crippen LogP contribution >= 0.6 is 0 Å². The van der Waals surface area contributed by atoms with Gasteiger partial charge in [0, 0.05) is 12.3 Å². The minimum absolute atomic E-state index is 0.0160. The van der Waals surface area contributed by atoms with E-state index in [0.29, 0.717) is 26.1 Å². The summed E-state index contributed by atoms with van der Waals surface area (Å²) in [7, 11) is -2.18. The van der Waals surface area contributed by atoms with E-state index in [0.717, 1.165) is 6.42 Å². The Morgan fingerprint density at radius 1 is 1.31 bits per heavy atom. The second-order valence-corrected chi connectivity index (χ2v) is 14.4. The van der Waals surface area contributed by atoms with Crippen LogP contribution in [-0.2, 0) is 18.7 Å². The number of Topliss-reactive ketones (excluding diaryl/α,β-unsaturated/α-hetero) is 1. The molecule has 3 aliphatic rings. The van der Waals surface area contributed by atoms with Crippen LogP contribution in [0.25, 0.3) is 0 Å². The van der Waals surface area contributed by atoms with E-state index in [2.05, 4.69) is 47.0 Å². The number of hydrogen-bond acceptors (Lipinski definition) is 4. The third-order valence-corrected chi connectivity index (χ3v) is 11.6. The average molecular weight is 379 g/mol. The van der Waals surface area contributed by atoms with Crippen molar-refractivity contribution in [2.24, 2.45) is 11.8 Å². The van der Waals surface area contributed by atoms with E-state index in [4.69, 9.17) is 13.9 Å². The standard InChI is InChI=1S/C21H34O4Si/c1-8-10-16-18(22)20(11-9-2,25-26(6,7)19(3,4)5)17-12-15-13-23-14-21(15,16)24-17/h8-9,15-17H,1-2,10-14H2,3-7H3/t15-,16-,17-,20+,21+/m0/s1. The molecule has 0 radical (unpaired) electrons. The molecule has 5 heteroatoms. The van der Waals surface area contributed by atoms with Gasteiger partial charge in [0.2, 0.25) is 0 Å². The van der Waals surface area contributed by atoms with Crippen LogP contribution in [0.1, 0.15) is 40.0 Å². The Kier molecular flexibility index (Phi) is 4.92. The topological polar surface area (TPSA) is 44.8 Å². The van der Waals surface area contributed by atoms with Gasteiger partial charge in [-0.1, -0.05) is 32.9 Å². The quantitative estimate of drug-likeness (QED) is 0.511. The maximum absolute atomic E-state index is 13.9. The lowest BCUT2D eigenvalue weighted by Crippen LogP contribution is -2.67. The molecule has 3 rings (SSSR count). The summed E-state index contributed by atoms with van der Waals surface area (Å²) >= 11 is 0. The first-order chi connectivity index (χ1) is 12.0. The van der Waals surface area contributed by atoms with Gasteiger partial charge in [0.25, 0.3) is 0 Å². The van der Waals surface area contributed by atoms with Crippen molar-refractivity contribution in [2.75, 3.05) is 13.2 Å². The van der Waals surface area contributed by atoms with Crippen molar-refractivity contribution in [1.29, 1.82) is 0 Å². The summed E-state index contributed by atoms with van der Waals surface area (Å²) in [4.78, 5) is 13.9. The first kappa shape index (κ1) is 20.0. The first-order valence-corrected chi connectivity index (χ1v) is 12.7. The van der Waals surface area contributed by atoms with Crippen LogP contribution in [-0.4, -0.2) is 44.6 Å². The lowest BCUT2D eigenvalue weighted by molar-refractivity contribution is -0.204. The van der Waals surface area contributed by atoms with E-state index in [-0.39, 0.29) is 28.8 Å². The summed E-state index contributed by atoms with van der Waals surface area (Å²) in [6.45, 7) is 20.0. The van der Waals surface area contributed by atoms with Crippen LogP contribution in [0.3, 0.4) is 0 Å². The molecule has 146 valence electrons. The SMILES string of the molecule is C=CC[C@H]1C(=O)[C@](CC=C)(O[Si](C)(C)C(C)(C)C)[C@@H]2C[C@H]3COC[C@@]31O2. The van der Waals surface area contributed by atoms with Crippen LogP contribution in [0.2, 0.25) is 18.1 Å². The Morgan fingerprint density at radius 2 is 2.00 bits per heavy atom. The number of hydrogen-bond donors (Lipinski definition) is 0. The zero-order valence-corrected chi connectivity index (χ0v) is 18.0. The van der Waals surface area contributed by atoms with Crippen LogP contribution in [0, 0.1) is 11.8 Å². The third kappa shape index (κ3) is 2.70. The van der Waals surface area contributed by atoms with Crippen LogP contribution in [0.15, 0.2) is 25.3 Å². The van der Waals surface area contributed by atoms with E-state index in [1.54, 1.807) is 0 Å². The molecule has 3 fully saturated rings. The molecule has 3 heterocycles. The number of ether oxygens (including phenoxy) is 2. The smallest absolute Gasteiger partial charge is 0.193 e. The van der Waals surface area contributed by atoms with Crippen LogP contribution in [0.4, 0.5) is 0 Å². The van der Waals surface area contributed by atoms with Crippen LogP contribution < -0.4 is 0 Å². The summed E-state index contributed by atoms with van der Waals surface area (Å²) in [5, 5.41) is 0.0160. The largest absolute Gasteiger partial charge is 0.402 e. The molecule has 0 aromatic rings. The summed E-state index contributed by atoms with van der Waals surface area (Å²) in [5.74, 6) is 0.179. The fourth-order valence-electron chi connectivity index (χ4n) is 4.70. The normalized spacial score (nSPS) is 39.7. The van der Waals surface area contributed by atoms with Crippen molar-refractivity contribution >= 4 is 14.1 Å². The molecule has 1 spiro atoms. The average Bonchev–Trinajstić information content (AvgIpc) is 3.05. The monoisotopic (exact) mass is 378 g/mol. The molecule has 5 atom stereocenters. The van der Waals surface area contributed by atoms with Crippen LogP contribution in [0.5, 0.6) is 0 Å². The van der Waals surface area contributed by atoms with Crippen molar-refractivity contribution in [3.05, 3.63) is 25.3 Å². The molecular weight excluding hydrogens is 344 g/mol. The summed E-state index contributed by atoms with van der Waals surface area (Å²) < 4.78 is 19.2. The number of ketones is 1. The summed E-state index contributed by atoms with van der Waals surface area (Å²) in [6, 6.07) is 0. The Balaban J connectivity index is 2.06. The molecule has 4 nitrogen and oxygen atoms in total. The molecular formula is C21H34O4Si. The van der Waals surface area contributed by atoms with Crippen molar-refractivity contribution < 1.29 is 18.7 Å². The fourth-order valence-corrected chi connectivity index (χ4v) is 6.24. The molecule has 0 saturated carbocycles. The number of carbonyl (C=O) groups excluding carboxylic acids is 1. The van der Waals surface area contributed by atoms with Gasteiger partial charge in [0.15, 0.2) is 14.1 Å². The molecule has 3 saturated heterocycles. The van der Waals surface area contributed by atoms with Gasteiger partial charge in [-0.05, 0) is 31.0 Å². The molecule has 0 aromatic heterocycles. The van der Waals surface area contributed by atoms with Gasteiger partial charge in [-0.25, -0.2) is 0 Å². The molecule has 0 aromatic carbocycles. The second-order valence-electron chi connectivity index (χ2n) is 9.70. The Labute approximate surface area is 159 Å². The number of fused-ring (bicyclic) bond motifs is 1. The Bertz CT molecular complexity index is 608. The zero-order valence-electron chi connectivity index (χ0n) is 17.0. The Morgan fingerprint density at radius 3 is 2.58 bits per heavy atom. The molecule has 3 aliphatic heterocycles. The highest BCUT2D eigenvalue weighted by molar-refractivity contribution is 6.74. The van der Waals surface area contributed by atoms with Crippen molar-refractivity contribution in [2.45, 2.75) is 75.5 Å². The van der Waals surface area contributed by atoms with E-state index in [1.165, 1.54) is 0 Å². The highest BCUT2D eigenvalue weighted by atomic mass is 28.4. The van der Waals surface area contributed by atoms with Gasteiger partial charge >= 0.3 is 0 Å². The predicted molar refractivity (Wildman–Crippen MR) is 106 cm³/mol. The fraction of sp³-hybridized carbons (Fsp3) is 0.762. The van der Waals surface area contributed by atoms with E-state index in [9.17, 15) is 4.79 Å². The van der Waals surface area contributed by atoms with Crippen molar-refractivity contribution in [3.63, 3.8) is 0 Å². The molecule has 2 bridgehead atoms. The summed E-state index contributed by atoms with van der Waals surface area (Å²) in [6.07, 6.45) is 5.37. The Hall–Kier alpha value is -0.753. The minimum atomic E-state index is -2.18. The van der Waals surface area contributed by atoms with Crippen molar-refractivity contribution in [3.8, 4) is 0 Å². The van der Waals surface area contributed by atoms with Gasteiger partial charge in [0.05, 0.1) is 25.2 Å². The first-order valence-electron chi connectivity index (χ1n) is 9.76. The second kappa shape index (κ2) is 6.40. The predicted octanol–water partition coefficient (Wildman–Crippen LogP) is 4.27. The van der Waals surface area contributed by atoms with Gasteiger partial charge in [-0.15, -0.1) is 13.2 Å². The van der Waals surface area contributed by atoms with Gasteiger partial charge in [-0.2, -0.15) is 0 Å². The van der Waals surface area contributed by atoms with E-state index in [1.807, 2.05) is 12.2 Å². The highest BCUT2D eigenvalue weighted by Gasteiger charge is 2.70. The van der Waals surface area contributed by atoms with Gasteiger partial charge < -0.3 is 13.9 Å². The maximum Gasteiger partial charge on any atom is 0.193 e. The number of rotatable bonds is 6. The lowest BCUT2D eigenvalue weighted by Gasteiger charge is -2.52. The lowest BCUT2D eigenvalue weighted by atomic mass is 9.72. The van der Waals surface area contributed by atoms with Gasteiger partial charge in [0.1, 0.15) is 11.2 Å². The number of allylic oxidation sites excluding steroid dienone is 1. The zero-order chi connectivity index (χ0) is 19.4. The molecule has 26 heavy (non-hydrogen) atoms. The molecule has 0 amide bonds.